The Morgan fingerprint density at radius 3 is 2.79 bits per heavy atom. The highest BCUT2D eigenvalue weighted by Gasteiger charge is 2.10. The standard InChI is InChI=1S/C10H14N4O5/c1-2-19-10(18)4-3-8(15)12-7-5-11-14(13-7)6-9(16)17/h5H,2-4,6H2,1H3,(H,16,17)(H,12,13,15). The molecular formula is C10H14N4O5. The largest absolute Gasteiger partial charge is 0.480 e. The predicted molar refractivity (Wildman–Crippen MR) is 62.2 cm³/mol. The molecule has 1 heterocycles. The van der Waals surface area contributed by atoms with Crippen molar-refractivity contribution in [3.8, 4) is 0 Å². The summed E-state index contributed by atoms with van der Waals surface area (Å²) in [6, 6.07) is 0. The highest BCUT2D eigenvalue weighted by atomic mass is 16.5. The van der Waals surface area contributed by atoms with Crippen molar-refractivity contribution in [2.45, 2.75) is 26.3 Å². The summed E-state index contributed by atoms with van der Waals surface area (Å²) in [7, 11) is 0. The lowest BCUT2D eigenvalue weighted by Gasteiger charge is -2.01. The molecule has 19 heavy (non-hydrogen) atoms. The second kappa shape index (κ2) is 7.09. The van der Waals surface area contributed by atoms with Gasteiger partial charge in [0.05, 0.1) is 19.2 Å². The van der Waals surface area contributed by atoms with Crippen molar-refractivity contribution in [2.75, 3.05) is 11.9 Å². The zero-order chi connectivity index (χ0) is 14.3. The van der Waals surface area contributed by atoms with E-state index in [1.807, 2.05) is 0 Å². The van der Waals surface area contributed by atoms with Gasteiger partial charge in [-0.05, 0) is 6.92 Å². The summed E-state index contributed by atoms with van der Waals surface area (Å²) in [5.74, 6) is -1.83. The number of anilines is 1. The zero-order valence-corrected chi connectivity index (χ0v) is 10.3. The van der Waals surface area contributed by atoms with Gasteiger partial charge in [-0.15, -0.1) is 5.10 Å². The number of rotatable bonds is 7. The van der Waals surface area contributed by atoms with Crippen LogP contribution in [0.2, 0.25) is 0 Å². The molecule has 104 valence electrons. The number of hydrogen-bond acceptors (Lipinski definition) is 6. The third-order valence-corrected chi connectivity index (χ3v) is 1.94. The normalized spacial score (nSPS) is 9.95. The number of aliphatic carboxylic acids is 1. The summed E-state index contributed by atoms with van der Waals surface area (Å²) in [6.45, 7) is 1.56. The minimum atomic E-state index is -1.09. The van der Waals surface area contributed by atoms with Crippen molar-refractivity contribution in [2.24, 2.45) is 0 Å². The lowest BCUT2D eigenvalue weighted by molar-refractivity contribution is -0.144. The van der Waals surface area contributed by atoms with Gasteiger partial charge in [0.1, 0.15) is 0 Å². The van der Waals surface area contributed by atoms with Crippen molar-refractivity contribution >= 4 is 23.7 Å². The van der Waals surface area contributed by atoms with Gasteiger partial charge >= 0.3 is 11.9 Å². The fraction of sp³-hybridized carbons (Fsp3) is 0.500. The monoisotopic (exact) mass is 270 g/mol. The topological polar surface area (TPSA) is 123 Å². The smallest absolute Gasteiger partial charge is 0.327 e. The van der Waals surface area contributed by atoms with Gasteiger partial charge in [-0.25, -0.2) is 0 Å². The number of carboxylic acid groups (broad SMARTS) is 1. The number of amides is 1. The van der Waals surface area contributed by atoms with Gasteiger partial charge in [-0.3, -0.25) is 14.4 Å². The van der Waals surface area contributed by atoms with Crippen LogP contribution in [-0.2, 0) is 25.7 Å². The van der Waals surface area contributed by atoms with E-state index in [9.17, 15) is 14.4 Å². The molecule has 0 atom stereocenters. The first-order valence-electron chi connectivity index (χ1n) is 5.58. The molecule has 1 aromatic rings. The first kappa shape index (κ1) is 14.6. The van der Waals surface area contributed by atoms with Crippen LogP contribution in [0.3, 0.4) is 0 Å². The number of esters is 1. The number of carbonyl (C=O) groups is 3. The Morgan fingerprint density at radius 1 is 1.42 bits per heavy atom. The van der Waals surface area contributed by atoms with E-state index < -0.39 is 24.4 Å². The molecule has 0 aliphatic rings. The molecule has 9 heteroatoms. The maximum Gasteiger partial charge on any atom is 0.327 e. The summed E-state index contributed by atoms with van der Waals surface area (Å²) in [5, 5.41) is 18.3. The quantitative estimate of drug-likeness (QED) is 0.648. The van der Waals surface area contributed by atoms with Gasteiger partial charge in [0.2, 0.25) is 5.91 Å². The van der Waals surface area contributed by atoms with Crippen LogP contribution < -0.4 is 5.32 Å². The van der Waals surface area contributed by atoms with Crippen LogP contribution in [0.25, 0.3) is 0 Å². The highest BCUT2D eigenvalue weighted by Crippen LogP contribution is 2.02. The Morgan fingerprint density at radius 2 is 2.16 bits per heavy atom. The van der Waals surface area contributed by atoms with E-state index in [1.165, 1.54) is 6.20 Å². The molecule has 0 fully saturated rings. The maximum absolute atomic E-state index is 11.4. The number of nitrogens with one attached hydrogen (secondary N) is 1. The van der Waals surface area contributed by atoms with Crippen LogP contribution >= 0.6 is 0 Å². The lowest BCUT2D eigenvalue weighted by atomic mass is 10.3. The third kappa shape index (κ3) is 5.61. The Balaban J connectivity index is 2.38. The molecule has 1 aromatic heterocycles. The summed E-state index contributed by atoms with van der Waals surface area (Å²) in [4.78, 5) is 33.8. The number of ether oxygens (including phenoxy) is 1. The average molecular weight is 270 g/mol. The zero-order valence-electron chi connectivity index (χ0n) is 10.3. The van der Waals surface area contributed by atoms with Gasteiger partial charge in [-0.1, -0.05) is 0 Å². The van der Waals surface area contributed by atoms with Crippen LogP contribution in [0.5, 0.6) is 0 Å². The van der Waals surface area contributed by atoms with Crippen LogP contribution in [0.4, 0.5) is 5.82 Å². The number of hydrogen-bond donors (Lipinski definition) is 2. The van der Waals surface area contributed by atoms with Gasteiger partial charge in [0.15, 0.2) is 12.4 Å². The molecule has 0 aliphatic heterocycles. The van der Waals surface area contributed by atoms with Crippen LogP contribution in [0, 0.1) is 0 Å². The van der Waals surface area contributed by atoms with Crippen molar-refractivity contribution in [1.29, 1.82) is 0 Å². The van der Waals surface area contributed by atoms with E-state index in [0.717, 1.165) is 4.80 Å². The Labute approximate surface area is 108 Å². The van der Waals surface area contributed by atoms with E-state index in [-0.39, 0.29) is 25.3 Å². The molecule has 1 amide bonds. The molecule has 9 nitrogen and oxygen atoms in total. The van der Waals surface area contributed by atoms with E-state index in [2.05, 4.69) is 20.3 Å². The summed E-state index contributed by atoms with van der Waals surface area (Å²) in [6.07, 6.45) is 1.17. The molecule has 0 unspecified atom stereocenters. The first-order chi connectivity index (χ1) is 9.01. The lowest BCUT2D eigenvalue weighted by Crippen LogP contribution is -2.16. The molecule has 0 aromatic carbocycles. The second-order valence-corrected chi connectivity index (χ2v) is 3.51. The van der Waals surface area contributed by atoms with Gasteiger partial charge < -0.3 is 15.2 Å². The molecule has 0 saturated carbocycles. The van der Waals surface area contributed by atoms with Crippen molar-refractivity contribution in [3.05, 3.63) is 6.20 Å². The molecule has 1 rings (SSSR count). The number of nitrogens with zero attached hydrogens (tertiary/aromatic N) is 3. The second-order valence-electron chi connectivity index (χ2n) is 3.51. The average Bonchev–Trinajstić information content (AvgIpc) is 2.73. The SMILES string of the molecule is CCOC(=O)CCC(=O)Nc1cnn(CC(=O)O)n1. The fourth-order valence-electron chi connectivity index (χ4n) is 1.21. The number of carboxylic acids is 1. The minimum absolute atomic E-state index is 0.0249. The molecule has 0 spiro atoms. The molecule has 0 radical (unpaired) electrons. The van der Waals surface area contributed by atoms with E-state index in [1.54, 1.807) is 6.92 Å². The Kier molecular flexibility index (Phi) is 5.45. The van der Waals surface area contributed by atoms with Gasteiger partial charge in [-0.2, -0.15) is 9.90 Å². The molecule has 0 aliphatic carbocycles. The van der Waals surface area contributed by atoms with Gasteiger partial charge in [0, 0.05) is 6.42 Å². The number of carbonyl (C=O) groups excluding carboxylic acids is 2. The molecule has 0 bridgehead atoms. The van der Waals surface area contributed by atoms with Gasteiger partial charge in [0.25, 0.3) is 0 Å². The first-order valence-corrected chi connectivity index (χ1v) is 5.58. The van der Waals surface area contributed by atoms with Crippen LogP contribution in [0.1, 0.15) is 19.8 Å². The Hall–Kier alpha value is -2.45. The summed E-state index contributed by atoms with van der Waals surface area (Å²) >= 11 is 0. The van der Waals surface area contributed by atoms with E-state index >= 15 is 0 Å². The predicted octanol–water partition coefficient (Wildman–Crippen LogP) is -0.356. The highest BCUT2D eigenvalue weighted by molar-refractivity contribution is 5.91. The third-order valence-electron chi connectivity index (χ3n) is 1.94. The van der Waals surface area contributed by atoms with E-state index in [0.29, 0.717) is 0 Å². The minimum Gasteiger partial charge on any atom is -0.480 e. The van der Waals surface area contributed by atoms with E-state index in [4.69, 9.17) is 5.11 Å². The molecule has 0 saturated heterocycles. The summed E-state index contributed by atoms with van der Waals surface area (Å²) in [5.41, 5.74) is 0. The maximum atomic E-state index is 11.4. The van der Waals surface area contributed by atoms with Crippen molar-refractivity contribution < 1.29 is 24.2 Å². The van der Waals surface area contributed by atoms with Crippen molar-refractivity contribution in [3.63, 3.8) is 0 Å². The molecular weight excluding hydrogens is 256 g/mol. The number of aromatic nitrogens is 3. The van der Waals surface area contributed by atoms with Crippen LogP contribution in [0.15, 0.2) is 6.20 Å². The van der Waals surface area contributed by atoms with Crippen LogP contribution in [-0.4, -0.2) is 44.6 Å². The van der Waals surface area contributed by atoms with Crippen molar-refractivity contribution in [1.82, 2.24) is 15.0 Å². The Bertz CT molecular complexity index is 470. The fourth-order valence-corrected chi connectivity index (χ4v) is 1.21. The summed E-state index contributed by atoms with van der Waals surface area (Å²) < 4.78 is 4.67. The molecule has 2 N–H and O–H groups in total.